The molecule has 2 amide bonds. The third-order valence-electron chi connectivity index (χ3n) is 5.07. The number of hydrogen-bond donors (Lipinski definition) is 2. The van der Waals surface area contributed by atoms with Gasteiger partial charge in [-0.1, -0.05) is 27.7 Å². The highest BCUT2D eigenvalue weighted by molar-refractivity contribution is 5.93. The smallest absolute Gasteiger partial charge is 0.321 e. The number of nitrogen functional groups attached to an aromatic ring is 1. The van der Waals surface area contributed by atoms with E-state index in [1.165, 1.54) is 0 Å². The molecule has 2 aromatic rings. The van der Waals surface area contributed by atoms with Crippen molar-refractivity contribution in [3.8, 4) is 5.69 Å². The van der Waals surface area contributed by atoms with Gasteiger partial charge in [0, 0.05) is 24.6 Å². The van der Waals surface area contributed by atoms with Crippen LogP contribution in [0.3, 0.4) is 0 Å². The molecule has 2 heterocycles. The van der Waals surface area contributed by atoms with E-state index in [9.17, 15) is 13.6 Å². The Morgan fingerprint density at radius 2 is 1.89 bits per heavy atom. The van der Waals surface area contributed by atoms with Gasteiger partial charge in [0.1, 0.15) is 23.0 Å². The molecule has 1 aliphatic rings. The summed E-state index contributed by atoms with van der Waals surface area (Å²) in [6, 6.07) is 2.82. The summed E-state index contributed by atoms with van der Waals surface area (Å²) < 4.78 is 29.1. The lowest BCUT2D eigenvalue weighted by Crippen LogP contribution is -2.41. The molecular weight excluding hydrogens is 364 g/mol. The van der Waals surface area contributed by atoms with Gasteiger partial charge in [0.25, 0.3) is 0 Å². The zero-order chi connectivity index (χ0) is 20.6. The van der Waals surface area contributed by atoms with E-state index in [0.29, 0.717) is 30.4 Å². The quantitative estimate of drug-likeness (QED) is 0.802. The molecule has 0 bridgehead atoms. The maximum Gasteiger partial charge on any atom is 0.321 e. The summed E-state index contributed by atoms with van der Waals surface area (Å²) in [5.41, 5.74) is 6.50. The van der Waals surface area contributed by atoms with E-state index in [4.69, 9.17) is 5.73 Å². The van der Waals surface area contributed by atoms with Crippen LogP contribution in [0.4, 0.5) is 25.1 Å². The van der Waals surface area contributed by atoms with Crippen LogP contribution in [-0.4, -0.2) is 33.8 Å². The first-order valence-electron chi connectivity index (χ1n) is 9.48. The lowest BCUT2D eigenvalue weighted by molar-refractivity contribution is 0.186. The summed E-state index contributed by atoms with van der Waals surface area (Å²) in [5, 5.41) is 7.27. The van der Waals surface area contributed by atoms with Gasteiger partial charge in [0.15, 0.2) is 5.82 Å². The van der Waals surface area contributed by atoms with Crippen molar-refractivity contribution in [2.75, 3.05) is 24.1 Å². The largest absolute Gasteiger partial charge is 0.382 e. The first-order chi connectivity index (χ1) is 13.1. The van der Waals surface area contributed by atoms with Crippen LogP contribution >= 0.6 is 0 Å². The van der Waals surface area contributed by atoms with Crippen molar-refractivity contribution >= 4 is 17.5 Å². The molecule has 3 rings (SSSR count). The molecule has 28 heavy (non-hydrogen) atoms. The summed E-state index contributed by atoms with van der Waals surface area (Å²) >= 11 is 0. The topological polar surface area (TPSA) is 76.2 Å². The zero-order valence-corrected chi connectivity index (χ0v) is 16.7. The number of piperidine rings is 1. The van der Waals surface area contributed by atoms with E-state index in [1.807, 2.05) is 20.8 Å². The Bertz CT molecular complexity index is 879. The molecule has 0 aliphatic carbocycles. The molecule has 0 spiro atoms. The SMILES string of the molecule is CC1CCN(C(=O)Nc2c(C(C)(C)C)nn(-c3cc(F)ccc3F)c2N)CC1. The number of urea groups is 1. The molecular formula is C20H27F2N5O. The predicted octanol–water partition coefficient (Wildman–Crippen LogP) is 4.29. The maximum atomic E-state index is 14.3. The van der Waals surface area contributed by atoms with Crippen LogP contribution in [0.2, 0.25) is 0 Å². The van der Waals surface area contributed by atoms with Crippen LogP contribution in [-0.2, 0) is 5.41 Å². The first kappa shape index (κ1) is 20.1. The highest BCUT2D eigenvalue weighted by Gasteiger charge is 2.30. The van der Waals surface area contributed by atoms with Crippen molar-refractivity contribution in [3.05, 3.63) is 35.5 Å². The Morgan fingerprint density at radius 3 is 2.50 bits per heavy atom. The molecule has 0 radical (unpaired) electrons. The molecule has 1 aromatic heterocycles. The summed E-state index contributed by atoms with van der Waals surface area (Å²) in [5.74, 6) is -0.596. The third kappa shape index (κ3) is 3.95. The van der Waals surface area contributed by atoms with E-state index in [0.717, 1.165) is 35.7 Å². The van der Waals surface area contributed by atoms with Crippen molar-refractivity contribution < 1.29 is 13.6 Å². The van der Waals surface area contributed by atoms with Crippen molar-refractivity contribution in [1.82, 2.24) is 14.7 Å². The summed E-state index contributed by atoms with van der Waals surface area (Å²) in [6.07, 6.45) is 1.89. The van der Waals surface area contributed by atoms with E-state index in [1.54, 1.807) is 4.90 Å². The van der Waals surface area contributed by atoms with E-state index in [2.05, 4.69) is 17.3 Å². The average molecular weight is 391 g/mol. The molecule has 152 valence electrons. The Labute approximate surface area is 163 Å². The number of likely N-dealkylation sites (tertiary alicyclic amines) is 1. The molecule has 0 saturated carbocycles. The Morgan fingerprint density at radius 1 is 1.25 bits per heavy atom. The second kappa shape index (κ2) is 7.41. The minimum Gasteiger partial charge on any atom is -0.382 e. The van der Waals surface area contributed by atoms with Gasteiger partial charge in [-0.15, -0.1) is 0 Å². The number of benzene rings is 1. The Kier molecular flexibility index (Phi) is 5.32. The van der Waals surface area contributed by atoms with Crippen molar-refractivity contribution in [3.63, 3.8) is 0 Å². The summed E-state index contributed by atoms with van der Waals surface area (Å²) in [7, 11) is 0. The van der Waals surface area contributed by atoms with Crippen LogP contribution < -0.4 is 11.1 Å². The standard InChI is InChI=1S/C20H27F2N5O/c1-12-7-9-26(10-8-12)19(28)24-16-17(20(2,3)4)25-27(18(16)23)15-11-13(21)5-6-14(15)22/h5-6,11-12H,7-10,23H2,1-4H3,(H,24,28). The van der Waals surface area contributed by atoms with Crippen LogP contribution in [0.1, 0.15) is 46.2 Å². The molecule has 3 N–H and O–H groups in total. The van der Waals surface area contributed by atoms with Crippen LogP contribution in [0.15, 0.2) is 18.2 Å². The lowest BCUT2D eigenvalue weighted by Gasteiger charge is -2.30. The van der Waals surface area contributed by atoms with Gasteiger partial charge in [-0.05, 0) is 30.9 Å². The molecule has 1 fully saturated rings. The minimum absolute atomic E-state index is 0.0631. The van der Waals surface area contributed by atoms with Crippen LogP contribution in [0.25, 0.3) is 5.69 Å². The monoisotopic (exact) mass is 391 g/mol. The van der Waals surface area contributed by atoms with Gasteiger partial charge >= 0.3 is 6.03 Å². The fourth-order valence-electron chi connectivity index (χ4n) is 3.31. The average Bonchev–Trinajstić information content (AvgIpc) is 2.94. The minimum atomic E-state index is -0.654. The number of aromatic nitrogens is 2. The highest BCUT2D eigenvalue weighted by Crippen LogP contribution is 2.35. The highest BCUT2D eigenvalue weighted by atomic mass is 19.1. The summed E-state index contributed by atoms with van der Waals surface area (Å²) in [4.78, 5) is 14.5. The van der Waals surface area contributed by atoms with E-state index < -0.39 is 17.0 Å². The molecule has 0 unspecified atom stereocenters. The van der Waals surface area contributed by atoms with Crippen LogP contribution in [0.5, 0.6) is 0 Å². The fourth-order valence-corrected chi connectivity index (χ4v) is 3.31. The van der Waals surface area contributed by atoms with Gasteiger partial charge in [-0.25, -0.2) is 18.3 Å². The second-order valence-electron chi connectivity index (χ2n) is 8.47. The van der Waals surface area contributed by atoms with Gasteiger partial charge < -0.3 is 16.0 Å². The fraction of sp³-hybridized carbons (Fsp3) is 0.500. The normalized spacial score (nSPS) is 15.7. The molecule has 0 atom stereocenters. The third-order valence-corrected chi connectivity index (χ3v) is 5.07. The van der Waals surface area contributed by atoms with Crippen molar-refractivity contribution in [1.29, 1.82) is 0 Å². The van der Waals surface area contributed by atoms with Gasteiger partial charge in [-0.2, -0.15) is 5.10 Å². The van der Waals surface area contributed by atoms with Gasteiger partial charge in [0.2, 0.25) is 0 Å². The zero-order valence-electron chi connectivity index (χ0n) is 16.7. The first-order valence-corrected chi connectivity index (χ1v) is 9.48. The number of carbonyl (C=O) groups is 1. The van der Waals surface area contributed by atoms with Crippen molar-refractivity contribution in [2.45, 2.75) is 46.0 Å². The number of nitrogens with two attached hydrogens (primary N) is 1. The van der Waals surface area contributed by atoms with E-state index >= 15 is 0 Å². The number of anilines is 2. The number of hydrogen-bond acceptors (Lipinski definition) is 3. The molecule has 6 nitrogen and oxygen atoms in total. The molecule has 1 aliphatic heterocycles. The number of nitrogens with zero attached hydrogens (tertiary/aromatic N) is 3. The number of halogens is 2. The predicted molar refractivity (Wildman–Crippen MR) is 106 cm³/mol. The lowest BCUT2D eigenvalue weighted by atomic mass is 9.91. The maximum absolute atomic E-state index is 14.3. The molecule has 1 aromatic carbocycles. The van der Waals surface area contributed by atoms with Crippen molar-refractivity contribution in [2.24, 2.45) is 5.92 Å². The van der Waals surface area contributed by atoms with Gasteiger partial charge in [0.05, 0.1) is 5.69 Å². The second-order valence-corrected chi connectivity index (χ2v) is 8.47. The summed E-state index contributed by atoms with van der Waals surface area (Å²) in [6.45, 7) is 9.26. The number of amides is 2. The van der Waals surface area contributed by atoms with Gasteiger partial charge in [-0.3, -0.25) is 0 Å². The number of nitrogens with one attached hydrogen (secondary N) is 1. The number of carbonyl (C=O) groups excluding carboxylic acids is 1. The molecule has 1 saturated heterocycles. The Hall–Kier alpha value is -2.64. The number of rotatable bonds is 2. The molecule has 8 heteroatoms. The van der Waals surface area contributed by atoms with E-state index in [-0.39, 0.29) is 17.5 Å². The Balaban J connectivity index is 1.99. The van der Waals surface area contributed by atoms with Crippen LogP contribution in [0, 0.1) is 17.6 Å².